The fraction of sp³-hybridized carbons (Fsp3) is 0.529. The highest BCUT2D eigenvalue weighted by Gasteiger charge is 2.32. The van der Waals surface area contributed by atoms with E-state index in [0.29, 0.717) is 23.7 Å². The van der Waals surface area contributed by atoms with Crippen LogP contribution < -0.4 is 5.32 Å². The van der Waals surface area contributed by atoms with Gasteiger partial charge in [0.05, 0.1) is 12.3 Å². The van der Waals surface area contributed by atoms with Crippen LogP contribution in [0.15, 0.2) is 24.3 Å². The maximum atomic E-state index is 12.8. The van der Waals surface area contributed by atoms with Crippen LogP contribution in [0, 0.1) is 0 Å². The van der Waals surface area contributed by atoms with Crippen molar-refractivity contribution < 1.29 is 8.42 Å². The van der Waals surface area contributed by atoms with Gasteiger partial charge in [0, 0.05) is 37.1 Å². The van der Waals surface area contributed by atoms with Crippen LogP contribution in [0.3, 0.4) is 0 Å². The number of benzene rings is 1. The monoisotopic (exact) mass is 431 g/mol. The van der Waals surface area contributed by atoms with Gasteiger partial charge in [-0.05, 0) is 24.5 Å². The summed E-state index contributed by atoms with van der Waals surface area (Å²) in [7, 11) is -3.37. The lowest BCUT2D eigenvalue weighted by Crippen LogP contribution is -2.39. The summed E-state index contributed by atoms with van der Waals surface area (Å²) in [5.74, 6) is 2.19. The van der Waals surface area contributed by atoms with Crippen LogP contribution >= 0.6 is 24.0 Å². The summed E-state index contributed by atoms with van der Waals surface area (Å²) in [6, 6.07) is 7.11. The summed E-state index contributed by atoms with van der Waals surface area (Å²) in [5.41, 5.74) is 0.648. The van der Waals surface area contributed by atoms with Gasteiger partial charge in [-0.1, -0.05) is 29.8 Å². The molecule has 27 heavy (non-hydrogen) atoms. The Balaban J connectivity index is 0.00000210. The third kappa shape index (κ3) is 4.30. The summed E-state index contributed by atoms with van der Waals surface area (Å²) in [4.78, 5) is 0. The number of rotatable bonds is 4. The van der Waals surface area contributed by atoms with Crippen molar-refractivity contribution in [2.45, 2.75) is 37.6 Å². The van der Waals surface area contributed by atoms with E-state index >= 15 is 0 Å². The van der Waals surface area contributed by atoms with Crippen molar-refractivity contribution in [2.24, 2.45) is 0 Å². The smallest absolute Gasteiger partial charge is 0.218 e. The van der Waals surface area contributed by atoms with E-state index in [1.807, 2.05) is 6.07 Å². The molecule has 10 heteroatoms. The molecule has 1 saturated heterocycles. The first-order chi connectivity index (χ1) is 12.5. The molecule has 0 aliphatic carbocycles. The molecule has 1 fully saturated rings. The van der Waals surface area contributed by atoms with E-state index in [1.165, 1.54) is 0 Å². The number of halogens is 2. The molecule has 0 spiro atoms. The maximum absolute atomic E-state index is 12.8. The van der Waals surface area contributed by atoms with E-state index in [-0.39, 0.29) is 24.1 Å². The van der Waals surface area contributed by atoms with Crippen molar-refractivity contribution in [1.82, 2.24) is 24.4 Å². The number of sulfonamides is 1. The zero-order valence-corrected chi connectivity index (χ0v) is 17.2. The van der Waals surface area contributed by atoms with Gasteiger partial charge in [0.15, 0.2) is 0 Å². The van der Waals surface area contributed by atoms with Gasteiger partial charge in [0.2, 0.25) is 10.0 Å². The molecule has 2 aliphatic heterocycles. The van der Waals surface area contributed by atoms with Crippen molar-refractivity contribution in [2.75, 3.05) is 19.6 Å². The zero-order chi connectivity index (χ0) is 18.1. The Morgan fingerprint density at radius 1 is 1.15 bits per heavy atom. The number of hydrogen-bond donors (Lipinski definition) is 1. The maximum Gasteiger partial charge on any atom is 0.218 e. The van der Waals surface area contributed by atoms with Crippen LogP contribution in [0.1, 0.15) is 36.0 Å². The second kappa shape index (κ2) is 8.45. The van der Waals surface area contributed by atoms with Crippen molar-refractivity contribution in [3.63, 3.8) is 0 Å². The third-order valence-electron chi connectivity index (χ3n) is 5.16. The Morgan fingerprint density at radius 2 is 1.89 bits per heavy atom. The lowest BCUT2D eigenvalue weighted by molar-refractivity contribution is 0.306. The molecule has 1 aromatic carbocycles. The number of hydrogen-bond acceptors (Lipinski definition) is 5. The van der Waals surface area contributed by atoms with E-state index in [2.05, 4.69) is 20.1 Å². The number of aromatic nitrogens is 3. The Hall–Kier alpha value is -1.19. The van der Waals surface area contributed by atoms with Crippen molar-refractivity contribution in [3.8, 4) is 0 Å². The first-order valence-electron chi connectivity index (χ1n) is 8.88. The zero-order valence-electron chi connectivity index (χ0n) is 14.8. The Kier molecular flexibility index (Phi) is 6.43. The highest BCUT2D eigenvalue weighted by molar-refractivity contribution is 7.88. The normalized spacial score (nSPS) is 18.7. The Labute approximate surface area is 170 Å². The molecule has 2 aromatic rings. The van der Waals surface area contributed by atoms with Crippen molar-refractivity contribution >= 4 is 34.0 Å². The molecular weight excluding hydrogens is 409 g/mol. The fourth-order valence-electron chi connectivity index (χ4n) is 3.71. The lowest BCUT2D eigenvalue weighted by atomic mass is 9.97. The van der Waals surface area contributed by atoms with E-state index in [4.69, 9.17) is 11.6 Å². The molecule has 7 nitrogen and oxygen atoms in total. The van der Waals surface area contributed by atoms with Gasteiger partial charge >= 0.3 is 0 Å². The van der Waals surface area contributed by atoms with Crippen molar-refractivity contribution in [1.29, 1.82) is 0 Å². The Morgan fingerprint density at radius 3 is 2.63 bits per heavy atom. The molecule has 3 heterocycles. The van der Waals surface area contributed by atoms with Crippen LogP contribution in [0.5, 0.6) is 0 Å². The minimum Gasteiger partial charge on any atom is -0.312 e. The van der Waals surface area contributed by atoms with Gasteiger partial charge < -0.3 is 9.88 Å². The van der Waals surface area contributed by atoms with Crippen LogP contribution in [0.4, 0.5) is 0 Å². The number of nitrogens with zero attached hydrogens (tertiary/aromatic N) is 4. The SMILES string of the molecule is Cl.O=S(=O)(Cc1ccccc1Cl)N1CCC(c2nnc3n2CCNC3)CC1. The second-order valence-electron chi connectivity index (χ2n) is 6.82. The molecule has 0 unspecified atom stereocenters. The molecule has 0 saturated carbocycles. The van der Waals surface area contributed by atoms with E-state index in [1.54, 1.807) is 22.5 Å². The number of nitrogens with one attached hydrogen (secondary N) is 1. The van der Waals surface area contributed by atoms with Crippen LogP contribution in [-0.2, 0) is 28.9 Å². The molecule has 4 rings (SSSR count). The van der Waals surface area contributed by atoms with Crippen LogP contribution in [0.25, 0.3) is 0 Å². The standard InChI is InChI=1S/C17H22ClN5O2S.ClH/c18-15-4-2-1-3-14(15)12-26(24,25)22-8-5-13(6-9-22)17-21-20-16-11-19-7-10-23(16)17;/h1-4,13,19H,5-12H2;1H. The summed E-state index contributed by atoms with van der Waals surface area (Å²) < 4.78 is 29.3. The van der Waals surface area contributed by atoms with Gasteiger partial charge in [-0.2, -0.15) is 0 Å². The quantitative estimate of drug-likeness (QED) is 0.801. The first-order valence-corrected chi connectivity index (χ1v) is 10.9. The third-order valence-corrected chi connectivity index (χ3v) is 7.36. The first kappa shape index (κ1) is 20.5. The largest absolute Gasteiger partial charge is 0.312 e. The van der Waals surface area contributed by atoms with Crippen LogP contribution in [-0.4, -0.2) is 47.1 Å². The second-order valence-corrected chi connectivity index (χ2v) is 9.20. The van der Waals surface area contributed by atoms with E-state index < -0.39 is 10.0 Å². The number of piperidine rings is 1. The molecule has 1 aromatic heterocycles. The van der Waals surface area contributed by atoms with E-state index in [0.717, 1.165) is 44.1 Å². The average Bonchev–Trinajstić information content (AvgIpc) is 3.08. The molecule has 0 radical (unpaired) electrons. The molecule has 1 N–H and O–H groups in total. The van der Waals surface area contributed by atoms with Gasteiger partial charge in [0.1, 0.15) is 11.6 Å². The van der Waals surface area contributed by atoms with Gasteiger partial charge in [-0.3, -0.25) is 0 Å². The van der Waals surface area contributed by atoms with Crippen LogP contribution in [0.2, 0.25) is 5.02 Å². The molecule has 0 amide bonds. The summed E-state index contributed by atoms with van der Waals surface area (Å²) in [6.45, 7) is 3.57. The fourth-order valence-corrected chi connectivity index (χ4v) is 5.59. The molecule has 2 aliphatic rings. The summed E-state index contributed by atoms with van der Waals surface area (Å²) in [6.07, 6.45) is 1.54. The highest BCUT2D eigenvalue weighted by Crippen LogP contribution is 2.30. The predicted molar refractivity (Wildman–Crippen MR) is 107 cm³/mol. The summed E-state index contributed by atoms with van der Waals surface area (Å²) >= 11 is 6.12. The van der Waals surface area contributed by atoms with Gasteiger partial charge in [-0.15, -0.1) is 22.6 Å². The highest BCUT2D eigenvalue weighted by atomic mass is 35.5. The molecule has 0 atom stereocenters. The predicted octanol–water partition coefficient (Wildman–Crippen LogP) is 2.17. The Bertz CT molecular complexity index is 894. The van der Waals surface area contributed by atoms with Gasteiger partial charge in [-0.25, -0.2) is 12.7 Å². The molecule has 0 bridgehead atoms. The molecular formula is C17H23Cl2N5O2S. The summed E-state index contributed by atoms with van der Waals surface area (Å²) in [5, 5.41) is 12.4. The minimum atomic E-state index is -3.37. The topological polar surface area (TPSA) is 80.1 Å². The van der Waals surface area contributed by atoms with Crippen molar-refractivity contribution in [3.05, 3.63) is 46.5 Å². The van der Waals surface area contributed by atoms with Gasteiger partial charge in [0.25, 0.3) is 0 Å². The van der Waals surface area contributed by atoms with E-state index in [9.17, 15) is 8.42 Å². The average molecular weight is 432 g/mol. The molecule has 148 valence electrons. The number of fused-ring (bicyclic) bond motifs is 1. The minimum absolute atomic E-state index is 0. The lowest BCUT2D eigenvalue weighted by Gasteiger charge is -2.31.